The van der Waals surface area contributed by atoms with Gasteiger partial charge in [-0.05, 0) is 19.1 Å². The van der Waals surface area contributed by atoms with Gasteiger partial charge in [0.2, 0.25) is 0 Å². The van der Waals surface area contributed by atoms with E-state index in [1.807, 2.05) is 30.8 Å². The van der Waals surface area contributed by atoms with Crippen LogP contribution < -0.4 is 0 Å². The lowest BCUT2D eigenvalue weighted by atomic mass is 10.3. The molecule has 0 amide bonds. The fraction of sp³-hybridized carbons (Fsp3) is 0.429. The molecule has 0 aromatic carbocycles. The second-order valence-corrected chi connectivity index (χ2v) is 5.21. The van der Waals surface area contributed by atoms with Crippen LogP contribution in [0.15, 0.2) is 22.8 Å². The van der Waals surface area contributed by atoms with Gasteiger partial charge in [0.15, 0.2) is 5.65 Å². The van der Waals surface area contributed by atoms with Gasteiger partial charge in [-0.1, -0.05) is 0 Å². The number of rotatable bonds is 5. The number of alkyl halides is 1. The van der Waals surface area contributed by atoms with Crippen LogP contribution in [0.5, 0.6) is 0 Å². The summed E-state index contributed by atoms with van der Waals surface area (Å²) in [5, 5.41) is 4.43. The van der Waals surface area contributed by atoms with E-state index in [4.69, 9.17) is 16.0 Å². The molecule has 0 unspecified atom stereocenters. The number of imidazole rings is 1. The number of hydrogen-bond donors (Lipinski definition) is 0. The van der Waals surface area contributed by atoms with Crippen molar-refractivity contribution in [2.45, 2.75) is 26.3 Å². The van der Waals surface area contributed by atoms with Crippen LogP contribution in [0.2, 0.25) is 0 Å². The number of aryl methyl sites for hydroxylation is 5. The molecule has 0 N–H and O–H groups in total. The number of furan rings is 1. The van der Waals surface area contributed by atoms with Crippen molar-refractivity contribution in [3.8, 4) is 0 Å². The molecule has 0 saturated carbocycles. The van der Waals surface area contributed by atoms with Gasteiger partial charge < -0.3 is 8.98 Å². The van der Waals surface area contributed by atoms with E-state index in [0.717, 1.165) is 47.8 Å². The van der Waals surface area contributed by atoms with Crippen molar-refractivity contribution in [1.82, 2.24) is 19.3 Å². The molecule has 0 aliphatic heterocycles. The topological polar surface area (TPSA) is 48.8 Å². The number of nitrogens with zero attached hydrogens (tertiary/aromatic N) is 4. The predicted octanol–water partition coefficient (Wildman–Crippen LogP) is 2.70. The summed E-state index contributed by atoms with van der Waals surface area (Å²) in [6.45, 7) is 2.80. The van der Waals surface area contributed by atoms with Gasteiger partial charge in [0.25, 0.3) is 0 Å². The normalized spacial score (nSPS) is 11.6. The van der Waals surface area contributed by atoms with Gasteiger partial charge in [-0.3, -0.25) is 4.68 Å². The Morgan fingerprint density at radius 2 is 2.20 bits per heavy atom. The van der Waals surface area contributed by atoms with Crippen LogP contribution in [0.3, 0.4) is 0 Å². The average Bonchev–Trinajstić information content (AvgIpc) is 3.08. The zero-order chi connectivity index (χ0) is 14.1. The van der Waals surface area contributed by atoms with Gasteiger partial charge in [-0.25, -0.2) is 4.98 Å². The molecule has 0 radical (unpaired) electrons. The molecule has 6 heteroatoms. The minimum Gasteiger partial charge on any atom is -0.469 e. The van der Waals surface area contributed by atoms with Crippen LogP contribution in [0.4, 0.5) is 0 Å². The Kier molecular flexibility index (Phi) is 3.53. The van der Waals surface area contributed by atoms with Gasteiger partial charge in [0, 0.05) is 32.3 Å². The van der Waals surface area contributed by atoms with E-state index >= 15 is 0 Å². The molecule has 0 aliphatic carbocycles. The molecule has 3 heterocycles. The van der Waals surface area contributed by atoms with Crippen LogP contribution in [-0.4, -0.2) is 25.2 Å². The van der Waals surface area contributed by atoms with Crippen molar-refractivity contribution in [3.05, 3.63) is 35.7 Å². The zero-order valence-electron chi connectivity index (χ0n) is 11.6. The van der Waals surface area contributed by atoms with E-state index in [-0.39, 0.29) is 0 Å². The number of aromatic nitrogens is 4. The zero-order valence-corrected chi connectivity index (χ0v) is 12.4. The largest absolute Gasteiger partial charge is 0.469 e. The van der Waals surface area contributed by atoms with E-state index in [9.17, 15) is 0 Å². The van der Waals surface area contributed by atoms with E-state index in [2.05, 4.69) is 14.6 Å². The highest BCUT2D eigenvalue weighted by molar-refractivity contribution is 6.17. The second kappa shape index (κ2) is 5.32. The van der Waals surface area contributed by atoms with E-state index in [1.54, 1.807) is 6.26 Å². The summed E-state index contributed by atoms with van der Waals surface area (Å²) in [5.74, 6) is 2.55. The van der Waals surface area contributed by atoms with Crippen molar-refractivity contribution in [1.29, 1.82) is 0 Å². The Labute approximate surface area is 122 Å². The average molecular weight is 293 g/mol. The maximum absolute atomic E-state index is 5.89. The molecule has 0 saturated heterocycles. The highest BCUT2D eigenvalue weighted by atomic mass is 35.5. The first-order valence-corrected chi connectivity index (χ1v) is 7.21. The third-order valence-corrected chi connectivity index (χ3v) is 3.64. The van der Waals surface area contributed by atoms with E-state index < -0.39 is 0 Å². The first kappa shape index (κ1) is 13.2. The Hall–Kier alpha value is -1.75. The molecule has 5 nitrogen and oxygen atoms in total. The van der Waals surface area contributed by atoms with E-state index in [1.165, 1.54) is 0 Å². The van der Waals surface area contributed by atoms with Gasteiger partial charge in [-0.2, -0.15) is 5.10 Å². The lowest BCUT2D eigenvalue weighted by Gasteiger charge is -2.08. The van der Waals surface area contributed by atoms with Crippen LogP contribution in [0, 0.1) is 6.92 Å². The molecule has 0 aliphatic rings. The maximum atomic E-state index is 5.89. The van der Waals surface area contributed by atoms with Crippen molar-refractivity contribution in [3.63, 3.8) is 0 Å². The number of hydrogen-bond acceptors (Lipinski definition) is 3. The smallest absolute Gasteiger partial charge is 0.158 e. The van der Waals surface area contributed by atoms with Gasteiger partial charge >= 0.3 is 0 Å². The number of halogens is 1. The van der Waals surface area contributed by atoms with Gasteiger partial charge in [0.1, 0.15) is 17.1 Å². The quantitative estimate of drug-likeness (QED) is 0.679. The number of fused-ring (bicyclic) bond motifs is 1. The minimum absolute atomic E-state index is 0.566. The van der Waals surface area contributed by atoms with Gasteiger partial charge in [0.05, 0.1) is 12.0 Å². The first-order valence-electron chi connectivity index (χ1n) is 6.67. The molecule has 3 rings (SSSR count). The van der Waals surface area contributed by atoms with Crippen molar-refractivity contribution >= 4 is 22.8 Å². The minimum atomic E-state index is 0.566. The summed E-state index contributed by atoms with van der Waals surface area (Å²) in [5.41, 5.74) is 2.97. The highest BCUT2D eigenvalue weighted by Crippen LogP contribution is 2.20. The second-order valence-electron chi connectivity index (χ2n) is 4.83. The third kappa shape index (κ3) is 2.22. The fourth-order valence-electron chi connectivity index (χ4n) is 2.57. The highest BCUT2D eigenvalue weighted by Gasteiger charge is 2.17. The SMILES string of the molecule is Cc1nn(C)c2c1nc(CCCl)n2CCc1ccco1. The molecule has 20 heavy (non-hydrogen) atoms. The van der Waals surface area contributed by atoms with Crippen molar-refractivity contribution in [2.75, 3.05) is 5.88 Å². The summed E-state index contributed by atoms with van der Waals surface area (Å²) in [6.07, 6.45) is 3.29. The van der Waals surface area contributed by atoms with Crippen LogP contribution >= 0.6 is 11.6 Å². The van der Waals surface area contributed by atoms with Crippen molar-refractivity contribution in [2.24, 2.45) is 7.05 Å². The standard InChI is InChI=1S/C14H17ClN4O/c1-10-13-14(18(2)17-10)19(12(16-13)5-7-15)8-6-11-4-3-9-20-11/h3-4,9H,5-8H2,1-2H3. The Morgan fingerprint density at radius 3 is 2.90 bits per heavy atom. The lowest BCUT2D eigenvalue weighted by molar-refractivity contribution is 0.488. The molecule has 0 atom stereocenters. The van der Waals surface area contributed by atoms with E-state index in [0.29, 0.717) is 5.88 Å². The summed E-state index contributed by atoms with van der Waals surface area (Å²) in [6, 6.07) is 3.90. The summed E-state index contributed by atoms with van der Waals surface area (Å²) < 4.78 is 9.48. The fourth-order valence-corrected chi connectivity index (χ4v) is 2.74. The molecule has 0 bridgehead atoms. The molecule has 0 spiro atoms. The Balaban J connectivity index is 1.99. The monoisotopic (exact) mass is 292 g/mol. The third-order valence-electron chi connectivity index (χ3n) is 3.45. The molecular weight excluding hydrogens is 276 g/mol. The molecule has 3 aromatic rings. The Morgan fingerprint density at radius 1 is 1.35 bits per heavy atom. The molecule has 0 fully saturated rings. The molecule has 3 aromatic heterocycles. The summed E-state index contributed by atoms with van der Waals surface area (Å²) in [7, 11) is 1.95. The van der Waals surface area contributed by atoms with Gasteiger partial charge in [-0.15, -0.1) is 11.6 Å². The van der Waals surface area contributed by atoms with Crippen LogP contribution in [0.1, 0.15) is 17.3 Å². The maximum Gasteiger partial charge on any atom is 0.158 e. The van der Waals surface area contributed by atoms with Crippen molar-refractivity contribution < 1.29 is 4.42 Å². The predicted molar refractivity (Wildman–Crippen MR) is 78.1 cm³/mol. The molecule has 106 valence electrons. The van der Waals surface area contributed by atoms with Crippen LogP contribution in [-0.2, 0) is 26.4 Å². The van der Waals surface area contributed by atoms with Crippen LogP contribution in [0.25, 0.3) is 11.2 Å². The summed E-state index contributed by atoms with van der Waals surface area (Å²) in [4.78, 5) is 4.69. The summed E-state index contributed by atoms with van der Waals surface area (Å²) >= 11 is 5.89. The molecular formula is C14H17ClN4O. The lowest BCUT2D eigenvalue weighted by Crippen LogP contribution is -2.09. The first-order chi connectivity index (χ1) is 9.70. The Bertz CT molecular complexity index is 711.